The molecule has 0 fully saturated rings. The zero-order chi connectivity index (χ0) is 51.6. The summed E-state index contributed by atoms with van der Waals surface area (Å²) in [5, 5.41) is 0. The van der Waals surface area contributed by atoms with Crippen LogP contribution in [-0.4, -0.2) is 0 Å². The van der Waals surface area contributed by atoms with Crippen LogP contribution in [0.3, 0.4) is 0 Å². The van der Waals surface area contributed by atoms with Crippen molar-refractivity contribution < 1.29 is 0 Å². The molecule has 0 spiro atoms. The molecule has 0 saturated carbocycles. The molecule has 1 unspecified atom stereocenters. The van der Waals surface area contributed by atoms with Crippen LogP contribution in [0.15, 0.2) is 328 Å². The van der Waals surface area contributed by atoms with Gasteiger partial charge in [0, 0.05) is 57.1 Å². The fourth-order valence-electron chi connectivity index (χ4n) is 10.5. The van der Waals surface area contributed by atoms with Gasteiger partial charge in [-0.15, -0.1) is 0 Å². The lowest BCUT2D eigenvalue weighted by Gasteiger charge is -2.26. The fourth-order valence-corrected chi connectivity index (χ4v) is 10.5. The highest BCUT2D eigenvalue weighted by molar-refractivity contribution is 5.82. The molecule has 12 aromatic rings. The Balaban J connectivity index is 0.752. The maximum Gasteiger partial charge on any atom is 0.0462 e. The second-order valence-corrected chi connectivity index (χ2v) is 19.4. The standard InChI is InChI=1S/C74H57N3/c1-7-19-63(20-8-1)74(55-56-31-33-57(34-32-56)59-39-47-70(48-40-59)75(65-21-9-2-10-22-65)66-23-11-3-12-24-66)64-37-35-58(36-38-64)60-41-51-72(52-42-60)77(69-29-17-6-18-30-69)73-53-45-62(46-54-73)61-43-49-71(50-44-61)76(67-25-13-4-14-26-67)68-27-15-5-16-28-68/h1-54,74H,55H2. The van der Waals surface area contributed by atoms with E-state index in [1.54, 1.807) is 0 Å². The Morgan fingerprint density at radius 2 is 0.377 bits per heavy atom. The molecule has 3 heteroatoms. The van der Waals surface area contributed by atoms with Gasteiger partial charge in [-0.2, -0.15) is 0 Å². The van der Waals surface area contributed by atoms with Crippen LogP contribution in [0.5, 0.6) is 0 Å². The van der Waals surface area contributed by atoms with E-state index in [0.717, 1.165) is 57.6 Å². The first-order valence-electron chi connectivity index (χ1n) is 26.5. The lowest BCUT2D eigenvalue weighted by Crippen LogP contribution is -2.09. The van der Waals surface area contributed by atoms with Crippen molar-refractivity contribution in [1.29, 1.82) is 0 Å². The molecule has 1 atom stereocenters. The first kappa shape index (κ1) is 48.0. The number of anilines is 9. The minimum Gasteiger partial charge on any atom is -0.311 e. The third-order valence-electron chi connectivity index (χ3n) is 14.5. The number of para-hydroxylation sites is 5. The summed E-state index contributed by atoms with van der Waals surface area (Å²) in [6.45, 7) is 0. The summed E-state index contributed by atoms with van der Waals surface area (Å²) in [4.78, 5) is 6.92. The molecule has 0 aromatic heterocycles. The summed E-state index contributed by atoms with van der Waals surface area (Å²) >= 11 is 0. The molecule has 12 rings (SSSR count). The molecule has 0 aliphatic carbocycles. The maximum atomic E-state index is 2.33. The Hall–Kier alpha value is -9.96. The minimum atomic E-state index is 0.203. The van der Waals surface area contributed by atoms with E-state index in [-0.39, 0.29) is 5.92 Å². The maximum absolute atomic E-state index is 2.33. The molecule has 12 aromatic carbocycles. The van der Waals surface area contributed by atoms with Crippen molar-refractivity contribution in [2.75, 3.05) is 14.7 Å². The SMILES string of the molecule is c1ccc(C(Cc2ccc(-c3ccc(N(c4ccccc4)c4ccccc4)cc3)cc2)c2ccc(-c3ccc(N(c4ccccc4)c4ccc(-c5ccc(N(c6ccccc6)c6ccccc6)cc5)cc4)cc3)cc2)cc1. The van der Waals surface area contributed by atoms with Gasteiger partial charge >= 0.3 is 0 Å². The van der Waals surface area contributed by atoms with E-state index in [9.17, 15) is 0 Å². The Morgan fingerprint density at radius 3 is 0.636 bits per heavy atom. The van der Waals surface area contributed by atoms with Crippen LogP contribution in [0.4, 0.5) is 51.2 Å². The highest BCUT2D eigenvalue weighted by Crippen LogP contribution is 2.40. The zero-order valence-corrected chi connectivity index (χ0v) is 42.8. The van der Waals surface area contributed by atoms with E-state index < -0.39 is 0 Å². The van der Waals surface area contributed by atoms with Gasteiger partial charge in [-0.05, 0) is 166 Å². The predicted molar refractivity (Wildman–Crippen MR) is 325 cm³/mol. The molecule has 0 amide bonds. The molecule has 0 aliphatic rings. The third kappa shape index (κ3) is 10.8. The van der Waals surface area contributed by atoms with Crippen LogP contribution in [0, 0.1) is 0 Å². The van der Waals surface area contributed by atoms with Gasteiger partial charge in [0.25, 0.3) is 0 Å². The molecule has 368 valence electrons. The van der Waals surface area contributed by atoms with Crippen molar-refractivity contribution in [3.63, 3.8) is 0 Å². The molecule has 77 heavy (non-hydrogen) atoms. The summed E-state index contributed by atoms with van der Waals surface area (Å²) in [5.41, 5.74) is 21.1. The Morgan fingerprint density at radius 1 is 0.182 bits per heavy atom. The predicted octanol–water partition coefficient (Wildman–Crippen LogP) is 20.5. The van der Waals surface area contributed by atoms with Crippen molar-refractivity contribution in [2.24, 2.45) is 0 Å². The summed E-state index contributed by atoms with van der Waals surface area (Å²) in [6.07, 6.45) is 0.894. The van der Waals surface area contributed by atoms with E-state index >= 15 is 0 Å². The molecular weight excluding hydrogens is 931 g/mol. The number of hydrogen-bond donors (Lipinski definition) is 0. The number of nitrogens with zero attached hydrogens (tertiary/aromatic N) is 3. The van der Waals surface area contributed by atoms with Gasteiger partial charge in [0.05, 0.1) is 0 Å². The highest BCUT2D eigenvalue weighted by Gasteiger charge is 2.19. The smallest absolute Gasteiger partial charge is 0.0462 e. The molecule has 0 aliphatic heterocycles. The third-order valence-corrected chi connectivity index (χ3v) is 14.5. The molecule has 0 N–H and O–H groups in total. The van der Waals surface area contributed by atoms with Gasteiger partial charge in [-0.3, -0.25) is 0 Å². The summed E-state index contributed by atoms with van der Waals surface area (Å²) in [7, 11) is 0. The van der Waals surface area contributed by atoms with Gasteiger partial charge < -0.3 is 14.7 Å². The molecule has 0 bridgehead atoms. The van der Waals surface area contributed by atoms with Gasteiger partial charge in [0.1, 0.15) is 0 Å². The number of rotatable bonds is 16. The van der Waals surface area contributed by atoms with E-state index in [1.807, 2.05) is 0 Å². The number of benzene rings is 12. The molecule has 0 heterocycles. The summed E-state index contributed by atoms with van der Waals surface area (Å²) in [5.74, 6) is 0.203. The minimum absolute atomic E-state index is 0.203. The summed E-state index contributed by atoms with van der Waals surface area (Å²) < 4.78 is 0. The van der Waals surface area contributed by atoms with Crippen LogP contribution >= 0.6 is 0 Å². The normalized spacial score (nSPS) is 11.4. The fraction of sp³-hybridized carbons (Fsp3) is 0.0270. The van der Waals surface area contributed by atoms with E-state index in [4.69, 9.17) is 0 Å². The molecule has 0 saturated heterocycles. The Bertz CT molecular complexity index is 3660. The lowest BCUT2D eigenvalue weighted by atomic mass is 9.85. The van der Waals surface area contributed by atoms with Gasteiger partial charge in [-0.25, -0.2) is 0 Å². The molecule has 3 nitrogen and oxygen atoms in total. The van der Waals surface area contributed by atoms with Gasteiger partial charge in [0.15, 0.2) is 0 Å². The first-order valence-corrected chi connectivity index (χ1v) is 26.5. The topological polar surface area (TPSA) is 9.72 Å². The van der Waals surface area contributed by atoms with Crippen LogP contribution < -0.4 is 14.7 Å². The summed E-state index contributed by atoms with van der Waals surface area (Å²) in [6, 6.07) is 118. The quantitative estimate of drug-likeness (QED) is 0.0955. The van der Waals surface area contributed by atoms with E-state index in [0.29, 0.717) is 0 Å². The van der Waals surface area contributed by atoms with Crippen LogP contribution in [0.1, 0.15) is 22.6 Å². The Kier molecular flexibility index (Phi) is 14.1. The van der Waals surface area contributed by atoms with Crippen molar-refractivity contribution >= 4 is 51.2 Å². The van der Waals surface area contributed by atoms with E-state index in [1.165, 1.54) is 50.1 Å². The second kappa shape index (κ2) is 22.7. The number of hydrogen-bond acceptors (Lipinski definition) is 3. The Labute approximate surface area is 453 Å². The van der Waals surface area contributed by atoms with Crippen molar-refractivity contribution in [1.82, 2.24) is 0 Å². The monoisotopic (exact) mass is 987 g/mol. The van der Waals surface area contributed by atoms with Gasteiger partial charge in [-0.1, -0.05) is 218 Å². The van der Waals surface area contributed by atoms with Gasteiger partial charge in [0.2, 0.25) is 0 Å². The second-order valence-electron chi connectivity index (χ2n) is 19.4. The van der Waals surface area contributed by atoms with Crippen molar-refractivity contribution in [3.05, 3.63) is 344 Å². The highest BCUT2D eigenvalue weighted by atomic mass is 15.2. The van der Waals surface area contributed by atoms with Crippen molar-refractivity contribution in [2.45, 2.75) is 12.3 Å². The van der Waals surface area contributed by atoms with Crippen LogP contribution in [0.2, 0.25) is 0 Å². The average Bonchev–Trinajstić information content (AvgIpc) is 3.52. The molecule has 0 radical (unpaired) electrons. The van der Waals surface area contributed by atoms with Crippen LogP contribution in [-0.2, 0) is 6.42 Å². The van der Waals surface area contributed by atoms with Crippen LogP contribution in [0.25, 0.3) is 33.4 Å². The zero-order valence-electron chi connectivity index (χ0n) is 42.8. The van der Waals surface area contributed by atoms with Crippen molar-refractivity contribution in [3.8, 4) is 33.4 Å². The average molecular weight is 988 g/mol. The lowest BCUT2D eigenvalue weighted by molar-refractivity contribution is 0.805. The van der Waals surface area contributed by atoms with E-state index in [2.05, 4.69) is 342 Å². The molecular formula is C74H57N3. The first-order chi connectivity index (χ1) is 38.2. The largest absolute Gasteiger partial charge is 0.311 e.